The van der Waals surface area contributed by atoms with Crippen LogP contribution >= 0.6 is 0 Å². The number of nitro benzene ring substituents is 1. The molecular weight excluding hydrogens is 326 g/mol. The lowest BCUT2D eigenvalue weighted by Gasteiger charge is -2.20. The number of hydrogen-bond donors (Lipinski definition) is 0. The second-order valence-electron chi connectivity index (χ2n) is 6.33. The zero-order valence-corrected chi connectivity index (χ0v) is 14.0. The summed E-state index contributed by atoms with van der Waals surface area (Å²) in [5, 5.41) is 10.8. The Balaban J connectivity index is 1.65. The molecule has 1 amide bonds. The summed E-state index contributed by atoms with van der Waals surface area (Å²) in [7, 11) is 0. The maximum atomic E-state index is 12.3. The van der Waals surface area contributed by atoms with Gasteiger partial charge in [-0.2, -0.15) is 0 Å². The summed E-state index contributed by atoms with van der Waals surface area (Å²) >= 11 is 0. The van der Waals surface area contributed by atoms with Gasteiger partial charge < -0.3 is 9.32 Å². The Morgan fingerprint density at radius 2 is 1.92 bits per heavy atom. The Bertz CT molecular complexity index is 830. The molecule has 3 rings (SSSR count). The molecule has 0 bridgehead atoms. The summed E-state index contributed by atoms with van der Waals surface area (Å²) in [5.41, 5.74) is 0.584. The largest absolute Gasteiger partial charge is 0.419 e. The van der Waals surface area contributed by atoms with Gasteiger partial charge in [-0.3, -0.25) is 19.5 Å². The number of nitro groups is 1. The lowest BCUT2D eigenvalue weighted by atomic mass is 10.2. The van der Waals surface area contributed by atoms with Crippen LogP contribution in [0.25, 0.3) is 11.1 Å². The van der Waals surface area contributed by atoms with Crippen molar-refractivity contribution in [1.82, 2.24) is 9.47 Å². The van der Waals surface area contributed by atoms with E-state index in [0.717, 1.165) is 25.9 Å². The highest BCUT2D eigenvalue weighted by atomic mass is 16.6. The third kappa shape index (κ3) is 3.89. The Morgan fingerprint density at radius 1 is 1.20 bits per heavy atom. The molecule has 0 unspecified atom stereocenters. The summed E-state index contributed by atoms with van der Waals surface area (Å²) in [6.07, 6.45) is 5.36. The van der Waals surface area contributed by atoms with E-state index in [1.807, 2.05) is 4.90 Å². The fraction of sp³-hybridized carbons (Fsp3) is 0.529. The van der Waals surface area contributed by atoms with Gasteiger partial charge in [0.25, 0.3) is 5.69 Å². The normalized spacial score (nSPS) is 15.3. The highest BCUT2D eigenvalue weighted by molar-refractivity contribution is 5.77. The van der Waals surface area contributed by atoms with Crippen molar-refractivity contribution < 1.29 is 14.1 Å². The number of aromatic nitrogens is 1. The van der Waals surface area contributed by atoms with Crippen molar-refractivity contribution in [1.29, 1.82) is 0 Å². The third-order valence-corrected chi connectivity index (χ3v) is 4.59. The van der Waals surface area contributed by atoms with Gasteiger partial charge in [0, 0.05) is 32.1 Å². The molecule has 0 N–H and O–H groups in total. The summed E-state index contributed by atoms with van der Waals surface area (Å²) in [4.78, 5) is 36.4. The average Bonchev–Trinajstić information content (AvgIpc) is 2.78. The Labute approximate surface area is 144 Å². The van der Waals surface area contributed by atoms with Gasteiger partial charge in [-0.05, 0) is 25.3 Å². The van der Waals surface area contributed by atoms with Crippen LogP contribution < -0.4 is 5.76 Å². The number of carbonyl (C=O) groups is 1. The van der Waals surface area contributed by atoms with Gasteiger partial charge in [-0.15, -0.1) is 0 Å². The standard InChI is InChI=1S/C17H21N3O5/c21-16(18-9-3-1-2-4-10-18)6-5-11-19-14-8-7-13(20(23)24)12-15(14)25-17(19)22/h7-8,12H,1-6,9-11H2. The number of non-ortho nitro benzene ring substituents is 1. The zero-order chi connectivity index (χ0) is 17.8. The number of nitrogens with zero attached hydrogens (tertiary/aromatic N) is 3. The zero-order valence-electron chi connectivity index (χ0n) is 14.0. The summed E-state index contributed by atoms with van der Waals surface area (Å²) in [6.45, 7) is 1.98. The summed E-state index contributed by atoms with van der Waals surface area (Å²) < 4.78 is 6.51. The van der Waals surface area contributed by atoms with E-state index in [1.54, 1.807) is 0 Å². The van der Waals surface area contributed by atoms with Crippen molar-refractivity contribution in [3.8, 4) is 0 Å². The first-order valence-electron chi connectivity index (χ1n) is 8.62. The minimum absolute atomic E-state index is 0.121. The molecule has 0 atom stereocenters. The van der Waals surface area contributed by atoms with Crippen LogP contribution in [0.15, 0.2) is 27.4 Å². The maximum Gasteiger partial charge on any atom is 0.419 e. The molecule has 0 aliphatic carbocycles. The maximum absolute atomic E-state index is 12.3. The number of carbonyl (C=O) groups excluding carboxylic acids is 1. The fourth-order valence-corrected chi connectivity index (χ4v) is 3.25. The summed E-state index contributed by atoms with van der Waals surface area (Å²) in [5.74, 6) is -0.434. The summed E-state index contributed by atoms with van der Waals surface area (Å²) in [6, 6.07) is 4.10. The van der Waals surface area contributed by atoms with E-state index in [1.165, 1.54) is 35.6 Å². The van der Waals surface area contributed by atoms with Crippen LogP contribution in [0.1, 0.15) is 38.5 Å². The molecule has 1 aliphatic heterocycles. The molecule has 1 aliphatic rings. The topological polar surface area (TPSA) is 98.6 Å². The minimum atomic E-state index is -0.558. The van der Waals surface area contributed by atoms with E-state index in [4.69, 9.17) is 4.42 Å². The predicted octanol–water partition coefficient (Wildman–Crippen LogP) is 2.69. The highest BCUT2D eigenvalue weighted by Crippen LogP contribution is 2.20. The molecule has 0 saturated carbocycles. The van der Waals surface area contributed by atoms with E-state index in [-0.39, 0.29) is 17.2 Å². The van der Waals surface area contributed by atoms with E-state index in [2.05, 4.69) is 0 Å². The average molecular weight is 347 g/mol. The number of aryl methyl sites for hydroxylation is 1. The van der Waals surface area contributed by atoms with Gasteiger partial charge in [-0.25, -0.2) is 4.79 Å². The molecule has 8 heteroatoms. The SMILES string of the molecule is O=C(CCCn1c(=O)oc2cc([N+](=O)[O-])ccc21)N1CCCCCC1. The molecule has 0 radical (unpaired) electrons. The van der Waals surface area contributed by atoms with Crippen molar-refractivity contribution in [2.75, 3.05) is 13.1 Å². The number of benzene rings is 1. The van der Waals surface area contributed by atoms with Crippen LogP contribution in [0.4, 0.5) is 5.69 Å². The predicted molar refractivity (Wildman–Crippen MR) is 91.4 cm³/mol. The third-order valence-electron chi connectivity index (χ3n) is 4.59. The number of rotatable bonds is 5. The van der Waals surface area contributed by atoms with Crippen molar-refractivity contribution in [3.63, 3.8) is 0 Å². The van der Waals surface area contributed by atoms with Crippen LogP contribution in [0.3, 0.4) is 0 Å². The Hall–Kier alpha value is -2.64. The van der Waals surface area contributed by atoms with Crippen LogP contribution in [-0.4, -0.2) is 33.4 Å². The number of oxazole rings is 1. The molecule has 1 saturated heterocycles. The van der Waals surface area contributed by atoms with Gasteiger partial charge in [0.15, 0.2) is 5.58 Å². The lowest BCUT2D eigenvalue weighted by Crippen LogP contribution is -2.31. The molecule has 2 aromatic rings. The van der Waals surface area contributed by atoms with E-state index in [0.29, 0.717) is 24.9 Å². The lowest BCUT2D eigenvalue weighted by molar-refractivity contribution is -0.384. The number of likely N-dealkylation sites (tertiary alicyclic amines) is 1. The minimum Gasteiger partial charge on any atom is -0.407 e. The molecule has 134 valence electrons. The van der Waals surface area contributed by atoms with Crippen LogP contribution in [0.5, 0.6) is 0 Å². The van der Waals surface area contributed by atoms with E-state index in [9.17, 15) is 19.7 Å². The van der Waals surface area contributed by atoms with Gasteiger partial charge in [0.1, 0.15) is 0 Å². The van der Waals surface area contributed by atoms with Gasteiger partial charge in [0.2, 0.25) is 5.91 Å². The second-order valence-corrected chi connectivity index (χ2v) is 6.33. The number of fused-ring (bicyclic) bond motifs is 1. The molecule has 1 fully saturated rings. The van der Waals surface area contributed by atoms with Crippen molar-refractivity contribution in [3.05, 3.63) is 38.9 Å². The first kappa shape index (κ1) is 17.2. The van der Waals surface area contributed by atoms with Gasteiger partial charge >= 0.3 is 5.76 Å². The molecule has 2 heterocycles. The molecule has 1 aromatic heterocycles. The van der Waals surface area contributed by atoms with Crippen LogP contribution in [-0.2, 0) is 11.3 Å². The van der Waals surface area contributed by atoms with Crippen molar-refractivity contribution in [2.24, 2.45) is 0 Å². The highest BCUT2D eigenvalue weighted by Gasteiger charge is 2.17. The Kier molecular flexibility index (Phi) is 5.16. The van der Waals surface area contributed by atoms with Crippen LogP contribution in [0, 0.1) is 10.1 Å². The quantitative estimate of drug-likeness (QED) is 0.612. The van der Waals surface area contributed by atoms with E-state index < -0.39 is 10.7 Å². The fourth-order valence-electron chi connectivity index (χ4n) is 3.25. The number of amides is 1. The molecule has 0 spiro atoms. The monoisotopic (exact) mass is 347 g/mol. The van der Waals surface area contributed by atoms with E-state index >= 15 is 0 Å². The number of hydrogen-bond acceptors (Lipinski definition) is 5. The Morgan fingerprint density at radius 3 is 2.60 bits per heavy atom. The van der Waals surface area contributed by atoms with Gasteiger partial charge in [0.05, 0.1) is 16.5 Å². The second kappa shape index (κ2) is 7.50. The molecular formula is C17H21N3O5. The molecule has 8 nitrogen and oxygen atoms in total. The smallest absolute Gasteiger partial charge is 0.407 e. The first-order valence-corrected chi connectivity index (χ1v) is 8.62. The molecule has 25 heavy (non-hydrogen) atoms. The first-order chi connectivity index (χ1) is 12.1. The molecule has 1 aromatic carbocycles. The van der Waals surface area contributed by atoms with Crippen molar-refractivity contribution >= 4 is 22.7 Å². The van der Waals surface area contributed by atoms with Crippen molar-refractivity contribution in [2.45, 2.75) is 45.1 Å². The van der Waals surface area contributed by atoms with Gasteiger partial charge in [-0.1, -0.05) is 12.8 Å². The van der Waals surface area contributed by atoms with Crippen LogP contribution in [0.2, 0.25) is 0 Å².